The minimum Gasteiger partial charge on any atom is -0.330 e. The number of carbonyl (C=O) groups excluding carboxylic acids is 2. The van der Waals surface area contributed by atoms with Gasteiger partial charge in [-0.05, 0) is 18.7 Å². The molecular formula is C11H14N2O2. The van der Waals surface area contributed by atoms with E-state index in [9.17, 15) is 9.59 Å². The first-order valence-electron chi connectivity index (χ1n) is 4.74. The topological polar surface area (TPSA) is 72.2 Å². The number of rotatable bonds is 4. The zero-order valence-electron chi connectivity index (χ0n) is 8.62. The highest BCUT2D eigenvalue weighted by Gasteiger charge is 2.05. The number of amides is 1. The summed E-state index contributed by atoms with van der Waals surface area (Å²) in [6, 6.07) is 6.83. The third-order valence-corrected chi connectivity index (χ3v) is 1.88. The Bertz CT molecular complexity index is 375. The molecule has 0 aromatic heterocycles. The van der Waals surface area contributed by atoms with Crippen molar-refractivity contribution in [2.75, 3.05) is 11.9 Å². The van der Waals surface area contributed by atoms with Crippen LogP contribution in [0.1, 0.15) is 23.7 Å². The second-order valence-electron chi connectivity index (χ2n) is 3.22. The van der Waals surface area contributed by atoms with Crippen molar-refractivity contribution in [2.24, 2.45) is 5.73 Å². The summed E-state index contributed by atoms with van der Waals surface area (Å²) < 4.78 is 0. The molecule has 80 valence electrons. The minimum atomic E-state index is -0.154. The number of benzene rings is 1. The Kier molecular flexibility index (Phi) is 4.00. The van der Waals surface area contributed by atoms with Crippen molar-refractivity contribution in [3.63, 3.8) is 0 Å². The molecule has 15 heavy (non-hydrogen) atoms. The van der Waals surface area contributed by atoms with E-state index in [0.717, 1.165) is 0 Å². The van der Waals surface area contributed by atoms with Gasteiger partial charge >= 0.3 is 0 Å². The van der Waals surface area contributed by atoms with Crippen LogP contribution in [0.2, 0.25) is 0 Å². The van der Waals surface area contributed by atoms with Crippen LogP contribution in [0.3, 0.4) is 0 Å². The average Bonchev–Trinajstić information content (AvgIpc) is 2.17. The predicted molar refractivity (Wildman–Crippen MR) is 58.7 cm³/mol. The van der Waals surface area contributed by atoms with Crippen LogP contribution < -0.4 is 11.1 Å². The molecule has 0 aliphatic rings. The van der Waals surface area contributed by atoms with Crippen LogP contribution in [0.15, 0.2) is 24.3 Å². The summed E-state index contributed by atoms with van der Waals surface area (Å²) in [4.78, 5) is 22.3. The Hall–Kier alpha value is -1.68. The van der Waals surface area contributed by atoms with Crippen LogP contribution in [0.4, 0.5) is 5.69 Å². The molecule has 0 radical (unpaired) electrons. The SMILES string of the molecule is CC(=O)Nc1cccc(C(=O)CCN)c1. The van der Waals surface area contributed by atoms with Crippen molar-refractivity contribution < 1.29 is 9.59 Å². The number of hydrogen-bond acceptors (Lipinski definition) is 3. The first-order chi connectivity index (χ1) is 7.13. The van der Waals surface area contributed by atoms with E-state index in [1.807, 2.05) is 0 Å². The van der Waals surface area contributed by atoms with Crippen molar-refractivity contribution in [2.45, 2.75) is 13.3 Å². The Labute approximate surface area is 88.5 Å². The van der Waals surface area contributed by atoms with Gasteiger partial charge in [0.15, 0.2) is 5.78 Å². The zero-order chi connectivity index (χ0) is 11.3. The van der Waals surface area contributed by atoms with Gasteiger partial charge < -0.3 is 11.1 Å². The fourth-order valence-electron chi connectivity index (χ4n) is 1.25. The quantitative estimate of drug-likeness (QED) is 0.726. The van der Waals surface area contributed by atoms with Gasteiger partial charge in [0, 0.05) is 24.6 Å². The number of carbonyl (C=O) groups is 2. The van der Waals surface area contributed by atoms with Crippen LogP contribution in [0.5, 0.6) is 0 Å². The Balaban J connectivity index is 2.82. The van der Waals surface area contributed by atoms with E-state index < -0.39 is 0 Å². The van der Waals surface area contributed by atoms with Gasteiger partial charge in [-0.1, -0.05) is 12.1 Å². The average molecular weight is 206 g/mol. The molecule has 0 aliphatic heterocycles. The number of Topliss-reactive ketones (excluding diaryl/α,β-unsaturated/α-hetero) is 1. The Morgan fingerprint density at radius 1 is 1.40 bits per heavy atom. The van der Waals surface area contributed by atoms with Crippen LogP contribution in [0.25, 0.3) is 0 Å². The lowest BCUT2D eigenvalue weighted by Gasteiger charge is -2.04. The molecule has 1 rings (SSSR count). The molecule has 0 heterocycles. The lowest BCUT2D eigenvalue weighted by molar-refractivity contribution is -0.114. The monoisotopic (exact) mass is 206 g/mol. The van der Waals surface area contributed by atoms with Crippen LogP contribution >= 0.6 is 0 Å². The molecule has 0 fully saturated rings. The van der Waals surface area contributed by atoms with Gasteiger partial charge in [-0.3, -0.25) is 9.59 Å². The van der Waals surface area contributed by atoms with Crippen molar-refractivity contribution in [1.82, 2.24) is 0 Å². The van der Waals surface area contributed by atoms with Gasteiger partial charge in [0.2, 0.25) is 5.91 Å². The maximum Gasteiger partial charge on any atom is 0.221 e. The van der Waals surface area contributed by atoms with Gasteiger partial charge in [0.1, 0.15) is 0 Å². The third-order valence-electron chi connectivity index (χ3n) is 1.88. The molecule has 4 heteroatoms. The zero-order valence-corrected chi connectivity index (χ0v) is 8.62. The van der Waals surface area contributed by atoms with E-state index >= 15 is 0 Å². The molecule has 3 N–H and O–H groups in total. The van der Waals surface area contributed by atoms with E-state index in [0.29, 0.717) is 24.2 Å². The van der Waals surface area contributed by atoms with Crippen LogP contribution in [-0.2, 0) is 4.79 Å². The summed E-state index contributed by atoms with van der Waals surface area (Å²) in [6.45, 7) is 1.76. The lowest BCUT2D eigenvalue weighted by Crippen LogP contribution is -2.10. The number of nitrogens with two attached hydrogens (primary N) is 1. The highest BCUT2D eigenvalue weighted by Crippen LogP contribution is 2.11. The number of ketones is 1. The fraction of sp³-hybridized carbons (Fsp3) is 0.273. The molecule has 0 unspecified atom stereocenters. The highest BCUT2D eigenvalue weighted by molar-refractivity contribution is 5.98. The fourth-order valence-corrected chi connectivity index (χ4v) is 1.25. The third kappa shape index (κ3) is 3.52. The standard InChI is InChI=1S/C11H14N2O2/c1-8(14)13-10-4-2-3-9(7-10)11(15)5-6-12/h2-4,7H,5-6,12H2,1H3,(H,13,14). The maximum absolute atomic E-state index is 11.5. The largest absolute Gasteiger partial charge is 0.330 e. The molecule has 0 saturated heterocycles. The molecule has 1 aromatic rings. The van der Waals surface area contributed by atoms with Gasteiger partial charge in [0.25, 0.3) is 0 Å². The smallest absolute Gasteiger partial charge is 0.221 e. The van der Waals surface area contributed by atoms with Gasteiger partial charge in [-0.2, -0.15) is 0 Å². The van der Waals surface area contributed by atoms with Gasteiger partial charge in [-0.15, -0.1) is 0 Å². The molecule has 0 aliphatic carbocycles. The summed E-state index contributed by atoms with van der Waals surface area (Å²) >= 11 is 0. The first kappa shape index (κ1) is 11.4. The van der Waals surface area contributed by atoms with E-state index in [2.05, 4.69) is 5.32 Å². The summed E-state index contributed by atoms with van der Waals surface area (Å²) in [6.07, 6.45) is 0.323. The van der Waals surface area contributed by atoms with Crippen LogP contribution in [-0.4, -0.2) is 18.2 Å². The van der Waals surface area contributed by atoms with Crippen molar-refractivity contribution in [3.8, 4) is 0 Å². The summed E-state index contributed by atoms with van der Waals surface area (Å²) in [7, 11) is 0. The number of anilines is 1. The summed E-state index contributed by atoms with van der Waals surface area (Å²) in [5, 5.41) is 2.62. The number of nitrogens with one attached hydrogen (secondary N) is 1. The van der Waals surface area contributed by atoms with Crippen molar-refractivity contribution >= 4 is 17.4 Å². The maximum atomic E-state index is 11.5. The molecular weight excluding hydrogens is 192 g/mol. The normalized spacial score (nSPS) is 9.73. The van der Waals surface area contributed by atoms with E-state index in [1.165, 1.54) is 6.92 Å². The molecule has 0 bridgehead atoms. The van der Waals surface area contributed by atoms with E-state index in [4.69, 9.17) is 5.73 Å². The van der Waals surface area contributed by atoms with E-state index in [-0.39, 0.29) is 11.7 Å². The van der Waals surface area contributed by atoms with E-state index in [1.54, 1.807) is 24.3 Å². The molecule has 4 nitrogen and oxygen atoms in total. The van der Waals surface area contributed by atoms with Crippen molar-refractivity contribution in [3.05, 3.63) is 29.8 Å². The molecule has 1 aromatic carbocycles. The van der Waals surface area contributed by atoms with Gasteiger partial charge in [0.05, 0.1) is 0 Å². The number of hydrogen-bond donors (Lipinski definition) is 2. The summed E-state index contributed by atoms with van der Waals surface area (Å²) in [5.41, 5.74) is 6.50. The lowest BCUT2D eigenvalue weighted by atomic mass is 10.1. The highest BCUT2D eigenvalue weighted by atomic mass is 16.1. The second-order valence-corrected chi connectivity index (χ2v) is 3.22. The Morgan fingerprint density at radius 3 is 2.73 bits per heavy atom. The van der Waals surface area contributed by atoms with Crippen molar-refractivity contribution in [1.29, 1.82) is 0 Å². The molecule has 0 saturated carbocycles. The molecule has 1 amide bonds. The second kappa shape index (κ2) is 5.26. The minimum absolute atomic E-state index is 0.00954. The van der Waals surface area contributed by atoms with Crippen LogP contribution in [0, 0.1) is 0 Å². The first-order valence-corrected chi connectivity index (χ1v) is 4.74. The molecule has 0 atom stereocenters. The molecule has 0 spiro atoms. The summed E-state index contributed by atoms with van der Waals surface area (Å²) in [5.74, 6) is -0.164. The van der Waals surface area contributed by atoms with Gasteiger partial charge in [-0.25, -0.2) is 0 Å². The Morgan fingerprint density at radius 2 is 2.13 bits per heavy atom. The predicted octanol–water partition coefficient (Wildman–Crippen LogP) is 1.18.